The third kappa shape index (κ3) is 3.93. The van der Waals surface area contributed by atoms with Crippen molar-refractivity contribution in [2.75, 3.05) is 0 Å². The maximum Gasteiger partial charge on any atom is 0.238 e. The minimum atomic E-state index is -0.249. The Labute approximate surface area is 296 Å². The fourth-order valence-corrected chi connectivity index (χ4v) is 8.98. The van der Waals surface area contributed by atoms with E-state index < -0.39 is 0 Å². The topological polar surface area (TPSA) is 67.4 Å². The van der Waals surface area contributed by atoms with Crippen LogP contribution in [-0.4, -0.2) is 19.5 Å². The van der Waals surface area contributed by atoms with Crippen LogP contribution in [0.5, 0.6) is 0 Å². The second-order valence-electron chi connectivity index (χ2n) is 14.8. The lowest BCUT2D eigenvalue weighted by molar-refractivity contribution is 0.651. The van der Waals surface area contributed by atoms with Crippen molar-refractivity contribution in [3.8, 4) is 57.0 Å². The molecular formula is C46H33N5. The van der Waals surface area contributed by atoms with E-state index in [0.29, 0.717) is 23.2 Å². The largest absolute Gasteiger partial charge is 0.277 e. The molecule has 0 amide bonds. The van der Waals surface area contributed by atoms with E-state index in [-0.39, 0.29) is 10.8 Å². The minimum Gasteiger partial charge on any atom is -0.277 e. The zero-order valence-corrected chi connectivity index (χ0v) is 28.9. The third-order valence-electron chi connectivity index (χ3n) is 11.2. The van der Waals surface area contributed by atoms with Crippen molar-refractivity contribution in [1.29, 1.82) is 5.26 Å². The van der Waals surface area contributed by atoms with Crippen LogP contribution in [0.15, 0.2) is 127 Å². The molecular weight excluding hydrogens is 623 g/mol. The van der Waals surface area contributed by atoms with Gasteiger partial charge < -0.3 is 0 Å². The Hall–Kier alpha value is -6.38. The van der Waals surface area contributed by atoms with Crippen molar-refractivity contribution in [1.82, 2.24) is 19.5 Å². The van der Waals surface area contributed by atoms with Gasteiger partial charge in [0.2, 0.25) is 5.95 Å². The van der Waals surface area contributed by atoms with Crippen LogP contribution in [0.3, 0.4) is 0 Å². The molecule has 0 radical (unpaired) electrons. The normalized spacial score (nSPS) is 14.6. The lowest BCUT2D eigenvalue weighted by Crippen LogP contribution is -2.19. The summed E-state index contributed by atoms with van der Waals surface area (Å²) in [5, 5.41) is 11.9. The van der Waals surface area contributed by atoms with Gasteiger partial charge in [0, 0.05) is 38.3 Å². The van der Waals surface area contributed by atoms with Crippen LogP contribution in [0.1, 0.15) is 55.5 Å². The Morgan fingerprint density at radius 1 is 0.549 bits per heavy atom. The van der Waals surface area contributed by atoms with Crippen LogP contribution >= 0.6 is 0 Å². The summed E-state index contributed by atoms with van der Waals surface area (Å²) in [5.74, 6) is 1.71. The Kier molecular flexibility index (Phi) is 5.98. The molecule has 242 valence electrons. The van der Waals surface area contributed by atoms with Gasteiger partial charge in [-0.05, 0) is 69.3 Å². The predicted molar refractivity (Wildman–Crippen MR) is 205 cm³/mol. The van der Waals surface area contributed by atoms with Crippen LogP contribution in [0.2, 0.25) is 0 Å². The Bertz CT molecular complexity index is 2800. The van der Waals surface area contributed by atoms with Gasteiger partial charge in [0.15, 0.2) is 11.6 Å². The number of nitriles is 1. The SMILES string of the molecule is CC1(C)c2ccccc2-c2c1c1c(c3c4ccccc4n(-c4nc(-c5ccccc5)nc(-c5ccc(C#N)cc5)n4)c23)C(C)(C)c2ccccc2-1. The Morgan fingerprint density at radius 2 is 1.10 bits per heavy atom. The molecule has 0 N–H and O–H groups in total. The quantitative estimate of drug-likeness (QED) is 0.190. The minimum absolute atomic E-state index is 0.249. The van der Waals surface area contributed by atoms with Gasteiger partial charge in [-0.25, -0.2) is 4.98 Å². The predicted octanol–water partition coefficient (Wildman–Crippen LogP) is 10.8. The van der Waals surface area contributed by atoms with Crippen molar-refractivity contribution in [2.45, 2.75) is 38.5 Å². The molecule has 51 heavy (non-hydrogen) atoms. The van der Waals surface area contributed by atoms with E-state index in [9.17, 15) is 5.26 Å². The third-order valence-corrected chi connectivity index (χ3v) is 11.2. The summed E-state index contributed by atoms with van der Waals surface area (Å²) in [6, 6.07) is 46.4. The number of hydrogen-bond donors (Lipinski definition) is 0. The number of para-hydroxylation sites is 1. The molecule has 0 fully saturated rings. The first-order valence-corrected chi connectivity index (χ1v) is 17.5. The van der Waals surface area contributed by atoms with Gasteiger partial charge in [0.05, 0.1) is 22.7 Å². The first-order valence-electron chi connectivity index (χ1n) is 17.5. The highest BCUT2D eigenvalue weighted by molar-refractivity contribution is 6.21. The lowest BCUT2D eigenvalue weighted by atomic mass is 9.75. The van der Waals surface area contributed by atoms with Crippen molar-refractivity contribution < 1.29 is 0 Å². The first-order chi connectivity index (χ1) is 24.8. The van der Waals surface area contributed by atoms with Crippen molar-refractivity contribution >= 4 is 21.8 Å². The number of nitrogens with zero attached hydrogens (tertiary/aromatic N) is 5. The number of aromatic nitrogens is 4. The summed E-state index contributed by atoms with van der Waals surface area (Å²) in [7, 11) is 0. The molecule has 2 heterocycles. The van der Waals surface area contributed by atoms with E-state index in [0.717, 1.165) is 22.2 Å². The summed E-state index contributed by atoms with van der Waals surface area (Å²) in [5.41, 5.74) is 14.6. The van der Waals surface area contributed by atoms with Gasteiger partial charge in [-0.15, -0.1) is 0 Å². The maximum absolute atomic E-state index is 9.51. The number of hydrogen-bond acceptors (Lipinski definition) is 4. The standard InChI is InChI=1S/C46H33N5/c1-45(2)33-19-11-8-16-30(33)36-39-37(31-17-9-12-20-34(31)46(39,3)4)41-38(40(36)45)32-18-10-13-21-35(32)51(41)44-49-42(28-14-6-5-7-15-28)48-43(50-44)29-24-22-27(26-47)23-25-29/h5-25H,1-4H3. The fourth-order valence-electron chi connectivity index (χ4n) is 8.98. The molecule has 0 saturated carbocycles. The average Bonchev–Trinajstić information content (AvgIpc) is 3.72. The second-order valence-corrected chi connectivity index (χ2v) is 14.8. The van der Waals surface area contributed by atoms with Crippen LogP contribution in [0.4, 0.5) is 0 Å². The van der Waals surface area contributed by atoms with Crippen molar-refractivity contribution in [2.24, 2.45) is 0 Å². The van der Waals surface area contributed by atoms with Crippen molar-refractivity contribution in [3.63, 3.8) is 0 Å². The zero-order chi connectivity index (χ0) is 34.6. The molecule has 0 bridgehead atoms. The van der Waals surface area contributed by atoms with E-state index in [1.54, 1.807) is 0 Å². The highest BCUT2D eigenvalue weighted by Crippen LogP contribution is 2.63. The van der Waals surface area contributed by atoms with E-state index >= 15 is 0 Å². The second kappa shape index (κ2) is 10.3. The van der Waals surface area contributed by atoms with E-state index in [4.69, 9.17) is 15.0 Å². The highest BCUT2D eigenvalue weighted by atomic mass is 15.2. The Balaban J connectivity index is 1.41. The van der Waals surface area contributed by atoms with Crippen LogP contribution < -0.4 is 0 Å². The van der Waals surface area contributed by atoms with Gasteiger partial charge in [-0.2, -0.15) is 15.2 Å². The molecule has 2 aliphatic rings. The van der Waals surface area contributed by atoms with Gasteiger partial charge in [-0.3, -0.25) is 4.57 Å². The van der Waals surface area contributed by atoms with Gasteiger partial charge >= 0.3 is 0 Å². The molecule has 6 aromatic carbocycles. The smallest absolute Gasteiger partial charge is 0.238 e. The zero-order valence-electron chi connectivity index (χ0n) is 28.9. The summed E-state index contributed by atoms with van der Waals surface area (Å²) in [6.45, 7) is 9.52. The number of fused-ring (bicyclic) bond motifs is 12. The molecule has 2 aromatic heterocycles. The molecule has 0 atom stereocenters. The molecule has 8 aromatic rings. The van der Waals surface area contributed by atoms with Crippen LogP contribution in [0, 0.1) is 11.3 Å². The first kappa shape index (κ1) is 29.5. The van der Waals surface area contributed by atoms with Crippen LogP contribution in [0.25, 0.3) is 72.8 Å². The summed E-state index contributed by atoms with van der Waals surface area (Å²) in [4.78, 5) is 15.6. The Morgan fingerprint density at radius 3 is 1.76 bits per heavy atom. The monoisotopic (exact) mass is 655 g/mol. The lowest BCUT2D eigenvalue weighted by Gasteiger charge is -2.27. The highest BCUT2D eigenvalue weighted by Gasteiger charge is 2.47. The molecule has 5 nitrogen and oxygen atoms in total. The van der Waals surface area contributed by atoms with E-state index in [1.807, 2.05) is 54.6 Å². The molecule has 2 aliphatic carbocycles. The number of rotatable bonds is 3. The van der Waals surface area contributed by atoms with Gasteiger partial charge in [0.25, 0.3) is 0 Å². The molecule has 10 rings (SSSR count). The molecule has 0 saturated heterocycles. The van der Waals surface area contributed by atoms with Crippen molar-refractivity contribution in [3.05, 3.63) is 155 Å². The molecule has 0 unspecified atom stereocenters. The molecule has 5 heteroatoms. The van der Waals surface area contributed by atoms with Crippen LogP contribution in [-0.2, 0) is 10.8 Å². The maximum atomic E-state index is 9.51. The van der Waals surface area contributed by atoms with E-state index in [2.05, 4.69) is 111 Å². The average molecular weight is 656 g/mol. The van der Waals surface area contributed by atoms with Gasteiger partial charge in [0.1, 0.15) is 0 Å². The number of benzene rings is 6. The fraction of sp³-hybridized carbons (Fsp3) is 0.130. The molecule has 0 aliphatic heterocycles. The van der Waals surface area contributed by atoms with E-state index in [1.165, 1.54) is 55.3 Å². The molecule has 0 spiro atoms. The summed E-state index contributed by atoms with van der Waals surface area (Å²) in [6.07, 6.45) is 0. The summed E-state index contributed by atoms with van der Waals surface area (Å²) >= 11 is 0. The van der Waals surface area contributed by atoms with Gasteiger partial charge in [-0.1, -0.05) is 125 Å². The summed E-state index contributed by atoms with van der Waals surface area (Å²) < 4.78 is 2.29.